The van der Waals surface area contributed by atoms with Gasteiger partial charge in [-0.05, 0) is 43.7 Å². The van der Waals surface area contributed by atoms with Crippen LogP contribution in [0.25, 0.3) is 6.08 Å². The number of benzene rings is 2. The van der Waals surface area contributed by atoms with E-state index in [-0.39, 0.29) is 11.8 Å². The standard InChI is InChI=1S/C19H20N2O2/c1-3-20-19(23)16-5-4-6-17(13-16)21-18(22)12-11-15-9-7-14(2)8-10-15/h4-13H,3H2,1-2H3,(H,20,23)(H,21,22)/b12-11+. The van der Waals surface area contributed by atoms with E-state index in [4.69, 9.17) is 0 Å². The highest BCUT2D eigenvalue weighted by Gasteiger charge is 2.05. The van der Waals surface area contributed by atoms with Gasteiger partial charge in [-0.2, -0.15) is 0 Å². The first-order valence-corrected chi connectivity index (χ1v) is 7.52. The molecule has 0 aliphatic rings. The average molecular weight is 308 g/mol. The molecule has 0 radical (unpaired) electrons. The first-order valence-electron chi connectivity index (χ1n) is 7.52. The van der Waals surface area contributed by atoms with Crippen LogP contribution in [0.2, 0.25) is 0 Å². The fourth-order valence-corrected chi connectivity index (χ4v) is 2.03. The summed E-state index contributed by atoms with van der Waals surface area (Å²) in [5.74, 6) is -0.391. The van der Waals surface area contributed by atoms with E-state index in [1.165, 1.54) is 11.6 Å². The molecule has 2 rings (SSSR count). The molecule has 2 amide bonds. The first-order chi connectivity index (χ1) is 11.1. The van der Waals surface area contributed by atoms with E-state index in [1.807, 2.05) is 38.1 Å². The lowest BCUT2D eigenvalue weighted by molar-refractivity contribution is -0.111. The van der Waals surface area contributed by atoms with Crippen molar-refractivity contribution in [3.8, 4) is 0 Å². The van der Waals surface area contributed by atoms with Gasteiger partial charge >= 0.3 is 0 Å². The number of amides is 2. The molecule has 0 aliphatic carbocycles. The number of rotatable bonds is 5. The van der Waals surface area contributed by atoms with E-state index < -0.39 is 0 Å². The zero-order chi connectivity index (χ0) is 16.7. The van der Waals surface area contributed by atoms with E-state index in [0.29, 0.717) is 17.8 Å². The van der Waals surface area contributed by atoms with Crippen molar-refractivity contribution < 1.29 is 9.59 Å². The fraction of sp³-hybridized carbons (Fsp3) is 0.158. The first kappa shape index (κ1) is 16.5. The smallest absolute Gasteiger partial charge is 0.251 e. The summed E-state index contributed by atoms with van der Waals surface area (Å²) >= 11 is 0. The predicted octanol–water partition coefficient (Wildman–Crippen LogP) is 3.40. The topological polar surface area (TPSA) is 58.2 Å². The van der Waals surface area contributed by atoms with Crippen molar-refractivity contribution in [1.29, 1.82) is 0 Å². The van der Waals surface area contributed by atoms with Gasteiger partial charge in [0.05, 0.1) is 0 Å². The average Bonchev–Trinajstić information content (AvgIpc) is 2.55. The minimum absolute atomic E-state index is 0.154. The van der Waals surface area contributed by atoms with E-state index in [2.05, 4.69) is 10.6 Å². The van der Waals surface area contributed by atoms with Gasteiger partial charge in [-0.3, -0.25) is 9.59 Å². The third-order valence-electron chi connectivity index (χ3n) is 3.23. The van der Waals surface area contributed by atoms with E-state index in [9.17, 15) is 9.59 Å². The Balaban J connectivity index is 2.01. The van der Waals surface area contributed by atoms with Gasteiger partial charge in [0.1, 0.15) is 0 Å². The molecule has 4 nitrogen and oxygen atoms in total. The van der Waals surface area contributed by atoms with Gasteiger partial charge in [0, 0.05) is 23.9 Å². The zero-order valence-corrected chi connectivity index (χ0v) is 13.3. The van der Waals surface area contributed by atoms with Crippen LogP contribution in [0, 0.1) is 6.92 Å². The van der Waals surface area contributed by atoms with Crippen molar-refractivity contribution in [2.45, 2.75) is 13.8 Å². The highest BCUT2D eigenvalue weighted by atomic mass is 16.2. The summed E-state index contributed by atoms with van der Waals surface area (Å²) in [4.78, 5) is 23.7. The van der Waals surface area contributed by atoms with Crippen LogP contribution in [0.1, 0.15) is 28.4 Å². The van der Waals surface area contributed by atoms with Gasteiger partial charge in [-0.15, -0.1) is 0 Å². The summed E-state index contributed by atoms with van der Waals surface area (Å²) in [6, 6.07) is 14.8. The van der Waals surface area contributed by atoms with Crippen LogP contribution in [-0.2, 0) is 4.79 Å². The number of carbonyl (C=O) groups is 2. The largest absolute Gasteiger partial charge is 0.352 e. The van der Waals surface area contributed by atoms with Gasteiger partial charge in [-0.1, -0.05) is 35.9 Å². The SMILES string of the molecule is CCNC(=O)c1cccc(NC(=O)/C=C/c2ccc(C)cc2)c1. The quantitative estimate of drug-likeness (QED) is 0.832. The van der Waals surface area contributed by atoms with Crippen molar-refractivity contribution >= 4 is 23.6 Å². The minimum Gasteiger partial charge on any atom is -0.352 e. The molecule has 0 bridgehead atoms. The normalized spacial score (nSPS) is 10.5. The minimum atomic E-state index is -0.237. The van der Waals surface area contributed by atoms with Crippen LogP contribution in [0.3, 0.4) is 0 Å². The lowest BCUT2D eigenvalue weighted by Gasteiger charge is -2.06. The van der Waals surface area contributed by atoms with E-state index >= 15 is 0 Å². The predicted molar refractivity (Wildman–Crippen MR) is 93.3 cm³/mol. The fourth-order valence-electron chi connectivity index (χ4n) is 2.03. The molecule has 0 aliphatic heterocycles. The Morgan fingerprint density at radius 2 is 1.83 bits per heavy atom. The maximum Gasteiger partial charge on any atom is 0.251 e. The maximum atomic E-state index is 12.0. The zero-order valence-electron chi connectivity index (χ0n) is 13.3. The van der Waals surface area contributed by atoms with Gasteiger partial charge in [0.25, 0.3) is 5.91 Å². The molecule has 23 heavy (non-hydrogen) atoms. The monoisotopic (exact) mass is 308 g/mol. The molecular weight excluding hydrogens is 288 g/mol. The second-order valence-corrected chi connectivity index (χ2v) is 5.17. The summed E-state index contributed by atoms with van der Waals surface area (Å²) in [7, 11) is 0. The third kappa shape index (κ3) is 5.11. The number of hydrogen-bond acceptors (Lipinski definition) is 2. The number of nitrogens with one attached hydrogen (secondary N) is 2. The van der Waals surface area contributed by atoms with Crippen LogP contribution in [0.15, 0.2) is 54.6 Å². The lowest BCUT2D eigenvalue weighted by atomic mass is 10.1. The highest BCUT2D eigenvalue weighted by molar-refractivity contribution is 6.03. The Hall–Kier alpha value is -2.88. The summed E-state index contributed by atoms with van der Waals surface area (Å²) in [5.41, 5.74) is 3.25. The number of anilines is 1. The Kier molecular flexibility index (Phi) is 5.69. The van der Waals surface area contributed by atoms with Crippen LogP contribution in [0.5, 0.6) is 0 Å². The third-order valence-corrected chi connectivity index (χ3v) is 3.23. The molecule has 4 heteroatoms. The van der Waals surface area contributed by atoms with Gasteiger partial charge < -0.3 is 10.6 Å². The molecule has 0 aromatic heterocycles. The molecule has 0 atom stereocenters. The Morgan fingerprint density at radius 3 is 2.52 bits per heavy atom. The summed E-state index contributed by atoms with van der Waals surface area (Å²) in [5, 5.41) is 5.48. The maximum absolute atomic E-state index is 12.0. The second-order valence-electron chi connectivity index (χ2n) is 5.17. The van der Waals surface area contributed by atoms with Crippen LogP contribution < -0.4 is 10.6 Å². The highest BCUT2D eigenvalue weighted by Crippen LogP contribution is 2.11. The van der Waals surface area contributed by atoms with Crippen molar-refractivity contribution in [2.24, 2.45) is 0 Å². The van der Waals surface area contributed by atoms with E-state index in [1.54, 1.807) is 30.3 Å². The molecule has 2 N–H and O–H groups in total. The van der Waals surface area contributed by atoms with Crippen molar-refractivity contribution in [1.82, 2.24) is 5.32 Å². The summed E-state index contributed by atoms with van der Waals surface area (Å²) in [6.45, 7) is 4.44. The van der Waals surface area contributed by atoms with Crippen LogP contribution >= 0.6 is 0 Å². The molecule has 118 valence electrons. The van der Waals surface area contributed by atoms with Crippen LogP contribution in [0.4, 0.5) is 5.69 Å². The Bertz CT molecular complexity index is 718. The van der Waals surface area contributed by atoms with Crippen molar-refractivity contribution in [3.05, 3.63) is 71.3 Å². The molecule has 2 aromatic carbocycles. The van der Waals surface area contributed by atoms with E-state index in [0.717, 1.165) is 5.56 Å². The molecular formula is C19H20N2O2. The van der Waals surface area contributed by atoms with Crippen molar-refractivity contribution in [3.63, 3.8) is 0 Å². The molecule has 0 saturated carbocycles. The van der Waals surface area contributed by atoms with Gasteiger partial charge in [-0.25, -0.2) is 0 Å². The van der Waals surface area contributed by atoms with Crippen LogP contribution in [-0.4, -0.2) is 18.4 Å². The van der Waals surface area contributed by atoms with Gasteiger partial charge in [0.15, 0.2) is 0 Å². The number of aryl methyl sites for hydroxylation is 1. The molecule has 0 saturated heterocycles. The molecule has 0 fully saturated rings. The lowest BCUT2D eigenvalue weighted by Crippen LogP contribution is -2.22. The number of carbonyl (C=O) groups excluding carboxylic acids is 2. The summed E-state index contributed by atoms with van der Waals surface area (Å²) in [6.07, 6.45) is 3.23. The summed E-state index contributed by atoms with van der Waals surface area (Å²) < 4.78 is 0. The Labute approximate surface area is 136 Å². The molecule has 2 aromatic rings. The van der Waals surface area contributed by atoms with Gasteiger partial charge in [0.2, 0.25) is 5.91 Å². The van der Waals surface area contributed by atoms with Crippen molar-refractivity contribution in [2.75, 3.05) is 11.9 Å². The molecule has 0 unspecified atom stereocenters. The number of hydrogen-bond donors (Lipinski definition) is 2. The second kappa shape index (κ2) is 7.94. The molecule has 0 spiro atoms. The molecule has 0 heterocycles. The Morgan fingerprint density at radius 1 is 1.09 bits per heavy atom.